The zero-order valence-corrected chi connectivity index (χ0v) is 14.7. The van der Waals surface area contributed by atoms with E-state index in [4.69, 9.17) is 15.1 Å². The molecule has 1 heterocycles. The number of nitriles is 1. The van der Waals surface area contributed by atoms with Gasteiger partial charge in [0.05, 0.1) is 37.0 Å². The van der Waals surface area contributed by atoms with Gasteiger partial charge in [0.2, 0.25) is 0 Å². The van der Waals surface area contributed by atoms with E-state index in [9.17, 15) is 9.59 Å². The minimum Gasteiger partial charge on any atom is -0.452 e. The minimum atomic E-state index is -0.635. The van der Waals surface area contributed by atoms with Gasteiger partial charge in [-0.2, -0.15) is 10.4 Å². The Labute approximate surface area is 151 Å². The SMILES string of the molecule is Cc1nn(CCO)c(C)c1C(=O)OCC(=O)Nc1ccc(CC#N)cc1. The van der Waals surface area contributed by atoms with Gasteiger partial charge in [-0.1, -0.05) is 12.1 Å². The molecule has 1 aromatic heterocycles. The summed E-state index contributed by atoms with van der Waals surface area (Å²) >= 11 is 0. The van der Waals surface area contributed by atoms with E-state index in [2.05, 4.69) is 10.4 Å². The molecule has 0 aliphatic carbocycles. The van der Waals surface area contributed by atoms with Crippen LogP contribution in [-0.4, -0.2) is 40.0 Å². The second-order valence-electron chi connectivity index (χ2n) is 5.65. The Balaban J connectivity index is 1.93. The first-order valence-electron chi connectivity index (χ1n) is 8.04. The molecule has 0 atom stereocenters. The molecule has 0 saturated carbocycles. The van der Waals surface area contributed by atoms with Gasteiger partial charge < -0.3 is 15.2 Å². The Kier molecular flexibility index (Phi) is 6.47. The zero-order chi connectivity index (χ0) is 19.1. The number of carbonyl (C=O) groups excluding carboxylic acids is 2. The molecule has 0 aliphatic heterocycles. The average molecular weight is 356 g/mol. The Morgan fingerprint density at radius 2 is 2.00 bits per heavy atom. The van der Waals surface area contributed by atoms with Crippen molar-refractivity contribution in [2.24, 2.45) is 0 Å². The molecule has 8 nitrogen and oxygen atoms in total. The van der Waals surface area contributed by atoms with Gasteiger partial charge in [-0.15, -0.1) is 0 Å². The van der Waals surface area contributed by atoms with Crippen LogP contribution >= 0.6 is 0 Å². The summed E-state index contributed by atoms with van der Waals surface area (Å²) in [6.07, 6.45) is 0.300. The first kappa shape index (κ1) is 19.1. The lowest BCUT2D eigenvalue weighted by Crippen LogP contribution is -2.21. The molecular weight excluding hydrogens is 336 g/mol. The first-order chi connectivity index (χ1) is 12.5. The third kappa shape index (κ3) is 4.68. The number of aromatic nitrogens is 2. The summed E-state index contributed by atoms with van der Waals surface area (Å²) in [5.41, 5.74) is 2.76. The molecule has 8 heteroatoms. The van der Waals surface area contributed by atoms with E-state index in [0.29, 0.717) is 29.1 Å². The molecule has 0 aliphatic rings. The van der Waals surface area contributed by atoms with Crippen LogP contribution in [0.2, 0.25) is 0 Å². The molecule has 1 amide bonds. The second-order valence-corrected chi connectivity index (χ2v) is 5.65. The number of aliphatic hydroxyl groups excluding tert-OH is 1. The number of amides is 1. The quantitative estimate of drug-likeness (QED) is 0.723. The van der Waals surface area contributed by atoms with E-state index < -0.39 is 18.5 Å². The zero-order valence-electron chi connectivity index (χ0n) is 14.7. The Morgan fingerprint density at radius 3 is 2.62 bits per heavy atom. The van der Waals surface area contributed by atoms with Crippen molar-refractivity contribution in [1.82, 2.24) is 9.78 Å². The average Bonchev–Trinajstić information content (AvgIpc) is 2.89. The Bertz CT molecular complexity index is 834. The van der Waals surface area contributed by atoms with E-state index in [1.54, 1.807) is 38.1 Å². The summed E-state index contributed by atoms with van der Waals surface area (Å²) < 4.78 is 6.59. The summed E-state index contributed by atoms with van der Waals surface area (Å²) in [7, 11) is 0. The van der Waals surface area contributed by atoms with Crippen molar-refractivity contribution in [3.8, 4) is 6.07 Å². The minimum absolute atomic E-state index is 0.0913. The van der Waals surface area contributed by atoms with Gasteiger partial charge in [0.25, 0.3) is 5.91 Å². The summed E-state index contributed by atoms with van der Waals surface area (Å²) in [6, 6.07) is 8.89. The van der Waals surface area contributed by atoms with E-state index in [-0.39, 0.29) is 13.2 Å². The molecule has 0 saturated heterocycles. The third-order valence-electron chi connectivity index (χ3n) is 3.75. The predicted molar refractivity (Wildman–Crippen MR) is 93.5 cm³/mol. The van der Waals surface area contributed by atoms with Crippen LogP contribution in [0.25, 0.3) is 0 Å². The lowest BCUT2D eigenvalue weighted by atomic mass is 10.1. The van der Waals surface area contributed by atoms with Crippen LogP contribution in [0.15, 0.2) is 24.3 Å². The molecule has 2 rings (SSSR count). The number of aliphatic hydroxyl groups is 1. The second kappa shape index (κ2) is 8.78. The summed E-state index contributed by atoms with van der Waals surface area (Å²) in [6.45, 7) is 3.13. The van der Waals surface area contributed by atoms with Crippen LogP contribution in [0, 0.1) is 25.2 Å². The maximum Gasteiger partial charge on any atom is 0.342 e. The normalized spacial score (nSPS) is 10.2. The number of nitrogens with one attached hydrogen (secondary N) is 1. The molecule has 1 aromatic carbocycles. The van der Waals surface area contributed by atoms with Crippen molar-refractivity contribution in [2.75, 3.05) is 18.5 Å². The maximum absolute atomic E-state index is 12.2. The Hall–Kier alpha value is -3.18. The van der Waals surface area contributed by atoms with Crippen molar-refractivity contribution in [2.45, 2.75) is 26.8 Å². The van der Waals surface area contributed by atoms with Crippen LogP contribution in [0.1, 0.15) is 27.3 Å². The van der Waals surface area contributed by atoms with Gasteiger partial charge in [-0.3, -0.25) is 9.48 Å². The van der Waals surface area contributed by atoms with Gasteiger partial charge >= 0.3 is 5.97 Å². The number of benzene rings is 1. The smallest absolute Gasteiger partial charge is 0.342 e. The van der Waals surface area contributed by atoms with Crippen molar-refractivity contribution < 1.29 is 19.4 Å². The van der Waals surface area contributed by atoms with Gasteiger partial charge in [-0.05, 0) is 31.5 Å². The molecule has 2 aromatic rings. The molecule has 0 fully saturated rings. The summed E-state index contributed by atoms with van der Waals surface area (Å²) in [4.78, 5) is 24.2. The number of hydrogen-bond donors (Lipinski definition) is 2. The van der Waals surface area contributed by atoms with Gasteiger partial charge in [0.1, 0.15) is 5.56 Å². The molecule has 0 bridgehead atoms. The molecule has 0 radical (unpaired) electrons. The number of esters is 1. The molecule has 136 valence electrons. The van der Waals surface area contributed by atoms with Crippen LogP contribution in [0.5, 0.6) is 0 Å². The van der Waals surface area contributed by atoms with E-state index in [1.165, 1.54) is 4.68 Å². The summed E-state index contributed by atoms with van der Waals surface area (Å²) in [5, 5.41) is 24.4. The van der Waals surface area contributed by atoms with E-state index >= 15 is 0 Å². The van der Waals surface area contributed by atoms with Crippen LogP contribution < -0.4 is 5.32 Å². The fourth-order valence-corrected chi connectivity index (χ4v) is 2.50. The predicted octanol–water partition coefficient (Wildman–Crippen LogP) is 1.35. The summed E-state index contributed by atoms with van der Waals surface area (Å²) in [5.74, 6) is -1.10. The topological polar surface area (TPSA) is 117 Å². The monoisotopic (exact) mass is 356 g/mol. The van der Waals surface area contributed by atoms with Crippen molar-refractivity contribution >= 4 is 17.6 Å². The number of ether oxygens (including phenoxy) is 1. The molecule has 2 N–H and O–H groups in total. The fourth-order valence-electron chi connectivity index (χ4n) is 2.50. The highest BCUT2D eigenvalue weighted by atomic mass is 16.5. The lowest BCUT2D eigenvalue weighted by molar-refractivity contribution is -0.119. The molecule has 0 unspecified atom stereocenters. The van der Waals surface area contributed by atoms with Crippen LogP contribution in [0.4, 0.5) is 5.69 Å². The molecule has 26 heavy (non-hydrogen) atoms. The highest BCUT2D eigenvalue weighted by Gasteiger charge is 2.20. The van der Waals surface area contributed by atoms with Gasteiger partial charge in [0.15, 0.2) is 6.61 Å². The third-order valence-corrected chi connectivity index (χ3v) is 3.75. The van der Waals surface area contributed by atoms with Crippen molar-refractivity contribution in [3.63, 3.8) is 0 Å². The number of anilines is 1. The first-order valence-corrected chi connectivity index (χ1v) is 8.04. The largest absolute Gasteiger partial charge is 0.452 e. The standard InChI is InChI=1S/C18H20N4O4/c1-12-17(13(2)22(21-12)9-10-23)18(25)26-11-16(24)20-15-5-3-14(4-6-15)7-8-19/h3-6,23H,7,9-11H2,1-2H3,(H,20,24). The number of hydrogen-bond acceptors (Lipinski definition) is 6. The maximum atomic E-state index is 12.2. The van der Waals surface area contributed by atoms with E-state index in [1.807, 2.05) is 6.07 Å². The fraction of sp³-hybridized carbons (Fsp3) is 0.333. The number of carbonyl (C=O) groups is 2. The highest BCUT2D eigenvalue weighted by Crippen LogP contribution is 2.15. The molecular formula is C18H20N4O4. The van der Waals surface area contributed by atoms with E-state index in [0.717, 1.165) is 5.56 Å². The van der Waals surface area contributed by atoms with Gasteiger partial charge in [-0.25, -0.2) is 4.79 Å². The van der Waals surface area contributed by atoms with Crippen LogP contribution in [0.3, 0.4) is 0 Å². The van der Waals surface area contributed by atoms with Crippen LogP contribution in [-0.2, 0) is 22.5 Å². The number of nitrogens with zero attached hydrogens (tertiary/aromatic N) is 3. The molecule has 0 spiro atoms. The lowest BCUT2D eigenvalue weighted by Gasteiger charge is -2.07. The number of aryl methyl sites for hydroxylation is 1. The van der Waals surface area contributed by atoms with Gasteiger partial charge in [0, 0.05) is 5.69 Å². The Morgan fingerprint density at radius 1 is 1.31 bits per heavy atom. The van der Waals surface area contributed by atoms with Crippen molar-refractivity contribution in [3.05, 3.63) is 46.8 Å². The highest BCUT2D eigenvalue weighted by molar-refractivity contribution is 5.96. The number of rotatable bonds is 7. The van der Waals surface area contributed by atoms with Crippen molar-refractivity contribution in [1.29, 1.82) is 5.26 Å².